The lowest BCUT2D eigenvalue weighted by Crippen LogP contribution is -2.45. The van der Waals surface area contributed by atoms with E-state index >= 15 is 0 Å². The van der Waals surface area contributed by atoms with Gasteiger partial charge in [0.15, 0.2) is 0 Å². The average Bonchev–Trinajstić information content (AvgIpc) is 3.19. The SMILES string of the molecule is CCn1c(CN(C)C)nnc1C1CCN(C(=O)CN2C(=O)CNC2=O)CC1. The average molecular weight is 377 g/mol. The standard InChI is InChI=1S/C17H27N7O3/c1-4-23-13(10-21(2)3)19-20-16(23)12-5-7-22(8-6-12)15(26)11-24-14(25)9-18-17(24)27/h12H,4-11H2,1-3H3,(H,18,27). The predicted octanol–water partition coefficient (Wildman–Crippen LogP) is -0.383. The number of likely N-dealkylation sites (tertiary alicyclic amines) is 1. The van der Waals surface area contributed by atoms with Crippen LogP contribution in [-0.4, -0.2) is 87.6 Å². The van der Waals surface area contributed by atoms with Crippen molar-refractivity contribution in [3.8, 4) is 0 Å². The van der Waals surface area contributed by atoms with E-state index in [1.165, 1.54) is 0 Å². The van der Waals surface area contributed by atoms with Gasteiger partial charge in [0.05, 0.1) is 13.1 Å². The van der Waals surface area contributed by atoms with Crippen molar-refractivity contribution in [1.82, 2.24) is 34.8 Å². The zero-order chi connectivity index (χ0) is 19.6. The van der Waals surface area contributed by atoms with Crippen LogP contribution in [0.3, 0.4) is 0 Å². The van der Waals surface area contributed by atoms with Gasteiger partial charge in [-0.25, -0.2) is 4.79 Å². The van der Waals surface area contributed by atoms with Crippen molar-refractivity contribution in [2.45, 2.75) is 38.8 Å². The van der Waals surface area contributed by atoms with Crippen molar-refractivity contribution in [3.05, 3.63) is 11.6 Å². The number of carbonyl (C=O) groups is 3. The summed E-state index contributed by atoms with van der Waals surface area (Å²) in [6, 6.07) is -0.493. The Kier molecular flexibility index (Phi) is 5.73. The van der Waals surface area contributed by atoms with E-state index in [1.54, 1.807) is 4.90 Å². The molecule has 2 fully saturated rings. The number of rotatable bonds is 6. The largest absolute Gasteiger partial charge is 0.341 e. The highest BCUT2D eigenvalue weighted by atomic mass is 16.2. The molecule has 0 radical (unpaired) electrons. The van der Waals surface area contributed by atoms with Crippen molar-refractivity contribution < 1.29 is 14.4 Å². The van der Waals surface area contributed by atoms with Gasteiger partial charge < -0.3 is 19.7 Å². The minimum atomic E-state index is -0.493. The van der Waals surface area contributed by atoms with Crippen LogP contribution in [-0.2, 0) is 22.7 Å². The fraction of sp³-hybridized carbons (Fsp3) is 0.706. The first-order valence-corrected chi connectivity index (χ1v) is 9.33. The summed E-state index contributed by atoms with van der Waals surface area (Å²) in [5, 5.41) is 11.2. The Morgan fingerprint density at radius 1 is 1.22 bits per heavy atom. The highest BCUT2D eigenvalue weighted by Gasteiger charge is 2.33. The van der Waals surface area contributed by atoms with Gasteiger partial charge in [0, 0.05) is 25.6 Å². The first-order chi connectivity index (χ1) is 12.9. The molecular formula is C17H27N7O3. The van der Waals surface area contributed by atoms with E-state index in [-0.39, 0.29) is 30.8 Å². The van der Waals surface area contributed by atoms with Gasteiger partial charge in [0.1, 0.15) is 18.2 Å². The smallest absolute Gasteiger partial charge is 0.325 e. The highest BCUT2D eigenvalue weighted by Crippen LogP contribution is 2.27. The van der Waals surface area contributed by atoms with Gasteiger partial charge in [-0.2, -0.15) is 0 Å². The van der Waals surface area contributed by atoms with Crippen LogP contribution in [0.25, 0.3) is 0 Å². The maximum absolute atomic E-state index is 12.5. The monoisotopic (exact) mass is 377 g/mol. The first kappa shape index (κ1) is 19.3. The van der Waals surface area contributed by atoms with Gasteiger partial charge in [0.2, 0.25) is 5.91 Å². The second-order valence-corrected chi connectivity index (χ2v) is 7.25. The first-order valence-electron chi connectivity index (χ1n) is 9.33. The summed E-state index contributed by atoms with van der Waals surface area (Å²) in [7, 11) is 4.01. The molecule has 2 aliphatic heterocycles. The molecular weight excluding hydrogens is 350 g/mol. The number of piperidine rings is 1. The van der Waals surface area contributed by atoms with E-state index in [2.05, 4.69) is 31.9 Å². The molecule has 0 spiro atoms. The Morgan fingerprint density at radius 3 is 2.48 bits per heavy atom. The fourth-order valence-electron chi connectivity index (χ4n) is 3.63. The minimum Gasteiger partial charge on any atom is -0.341 e. The molecule has 0 saturated carbocycles. The molecule has 1 aromatic rings. The summed E-state index contributed by atoms with van der Waals surface area (Å²) in [5.41, 5.74) is 0. The second kappa shape index (κ2) is 8.03. The van der Waals surface area contributed by atoms with E-state index in [9.17, 15) is 14.4 Å². The van der Waals surface area contributed by atoms with Crippen LogP contribution in [0.1, 0.15) is 37.3 Å². The minimum absolute atomic E-state index is 0.0316. The van der Waals surface area contributed by atoms with Crippen LogP contribution in [0.2, 0.25) is 0 Å². The third-order valence-electron chi connectivity index (χ3n) is 5.07. The molecule has 27 heavy (non-hydrogen) atoms. The van der Waals surface area contributed by atoms with Crippen molar-refractivity contribution in [3.63, 3.8) is 0 Å². The summed E-state index contributed by atoms with van der Waals surface area (Å²) < 4.78 is 2.16. The maximum Gasteiger partial charge on any atom is 0.325 e. The number of nitrogens with zero attached hydrogens (tertiary/aromatic N) is 6. The van der Waals surface area contributed by atoms with E-state index < -0.39 is 6.03 Å². The normalized spacial score (nSPS) is 18.5. The molecule has 4 amide bonds. The summed E-state index contributed by atoms with van der Waals surface area (Å²) in [5.74, 6) is 1.65. The van der Waals surface area contributed by atoms with E-state index in [1.807, 2.05) is 14.1 Å². The van der Waals surface area contributed by atoms with Gasteiger partial charge in [0.25, 0.3) is 5.91 Å². The summed E-state index contributed by atoms with van der Waals surface area (Å²) in [6.45, 7) is 4.60. The molecule has 0 unspecified atom stereocenters. The molecule has 0 atom stereocenters. The number of aromatic nitrogens is 3. The Morgan fingerprint density at radius 2 is 1.93 bits per heavy atom. The molecule has 2 saturated heterocycles. The molecule has 3 rings (SSSR count). The second-order valence-electron chi connectivity index (χ2n) is 7.25. The third-order valence-corrected chi connectivity index (χ3v) is 5.07. The van der Waals surface area contributed by atoms with E-state index in [0.717, 1.165) is 42.5 Å². The number of imide groups is 1. The summed E-state index contributed by atoms with van der Waals surface area (Å²) in [4.78, 5) is 40.5. The van der Waals surface area contributed by atoms with Gasteiger partial charge in [-0.1, -0.05) is 0 Å². The molecule has 10 heteroatoms. The Bertz CT molecular complexity index is 706. The van der Waals surface area contributed by atoms with Crippen LogP contribution in [0.4, 0.5) is 4.79 Å². The Labute approximate surface area is 158 Å². The van der Waals surface area contributed by atoms with Crippen molar-refractivity contribution in [1.29, 1.82) is 0 Å². The van der Waals surface area contributed by atoms with Gasteiger partial charge >= 0.3 is 6.03 Å². The fourth-order valence-corrected chi connectivity index (χ4v) is 3.63. The van der Waals surface area contributed by atoms with E-state index in [4.69, 9.17) is 0 Å². The molecule has 148 valence electrons. The summed E-state index contributed by atoms with van der Waals surface area (Å²) >= 11 is 0. The number of hydrogen-bond acceptors (Lipinski definition) is 6. The molecule has 3 heterocycles. The van der Waals surface area contributed by atoms with E-state index in [0.29, 0.717) is 13.1 Å². The molecule has 0 aliphatic carbocycles. The third kappa shape index (κ3) is 4.10. The molecule has 0 bridgehead atoms. The molecule has 1 N–H and O–H groups in total. The van der Waals surface area contributed by atoms with Crippen LogP contribution in [0, 0.1) is 0 Å². The van der Waals surface area contributed by atoms with Crippen LogP contribution in [0.5, 0.6) is 0 Å². The topological polar surface area (TPSA) is 104 Å². The van der Waals surface area contributed by atoms with Crippen molar-refractivity contribution in [2.75, 3.05) is 40.3 Å². The number of urea groups is 1. The molecule has 0 aromatic carbocycles. The maximum atomic E-state index is 12.5. The van der Waals surface area contributed by atoms with Crippen LogP contribution >= 0.6 is 0 Å². The number of nitrogens with one attached hydrogen (secondary N) is 1. The predicted molar refractivity (Wildman–Crippen MR) is 96.8 cm³/mol. The lowest BCUT2D eigenvalue weighted by atomic mass is 9.95. The number of amides is 4. The van der Waals surface area contributed by atoms with Crippen molar-refractivity contribution >= 4 is 17.8 Å². The van der Waals surface area contributed by atoms with Gasteiger partial charge in [-0.05, 0) is 33.9 Å². The zero-order valence-electron chi connectivity index (χ0n) is 16.1. The lowest BCUT2D eigenvalue weighted by Gasteiger charge is -2.32. The van der Waals surface area contributed by atoms with Gasteiger partial charge in [-0.15, -0.1) is 10.2 Å². The molecule has 2 aliphatic rings. The van der Waals surface area contributed by atoms with Gasteiger partial charge in [-0.3, -0.25) is 14.5 Å². The molecule has 10 nitrogen and oxygen atoms in total. The highest BCUT2D eigenvalue weighted by molar-refractivity contribution is 6.04. The van der Waals surface area contributed by atoms with Crippen LogP contribution < -0.4 is 5.32 Å². The quantitative estimate of drug-likeness (QED) is 0.678. The zero-order valence-corrected chi connectivity index (χ0v) is 16.1. The summed E-state index contributed by atoms with van der Waals surface area (Å²) in [6.07, 6.45) is 1.60. The Hall–Kier alpha value is -2.49. The Balaban J connectivity index is 1.59. The lowest BCUT2D eigenvalue weighted by molar-refractivity contribution is -0.137. The number of carbonyl (C=O) groups excluding carboxylic acids is 3. The van der Waals surface area contributed by atoms with Crippen molar-refractivity contribution in [2.24, 2.45) is 0 Å². The number of hydrogen-bond donors (Lipinski definition) is 1. The van der Waals surface area contributed by atoms with Crippen LogP contribution in [0.15, 0.2) is 0 Å². The molecule has 1 aromatic heterocycles.